The van der Waals surface area contributed by atoms with Crippen molar-refractivity contribution in [3.8, 4) is 0 Å². The molecule has 0 spiro atoms. The van der Waals surface area contributed by atoms with Crippen LogP contribution in [0.4, 0.5) is 11.4 Å². The highest BCUT2D eigenvalue weighted by Gasteiger charge is 2.20. The topological polar surface area (TPSA) is 95.6 Å². The van der Waals surface area contributed by atoms with Crippen molar-refractivity contribution in [3.05, 3.63) is 59.7 Å². The van der Waals surface area contributed by atoms with Crippen molar-refractivity contribution < 1.29 is 18.0 Å². The van der Waals surface area contributed by atoms with Crippen LogP contribution in [0, 0.1) is 6.92 Å². The number of amides is 2. The molecule has 0 aromatic heterocycles. The standard InChI is InChI=1S/C19H23N3O4S/c1-14-6-4-7-16(10-14)12-22(27(3,25)26)13-19(24)21-18-9-5-8-17(11-18)20-15(2)23/h4-11H,12-13H2,1-3H3,(H,20,23)(H,21,24). The molecule has 0 aliphatic rings. The second kappa shape index (κ2) is 8.79. The fourth-order valence-corrected chi connectivity index (χ4v) is 3.28. The smallest absolute Gasteiger partial charge is 0.239 e. The zero-order valence-corrected chi connectivity index (χ0v) is 16.3. The molecular weight excluding hydrogens is 366 g/mol. The number of rotatable bonds is 7. The van der Waals surface area contributed by atoms with Gasteiger partial charge < -0.3 is 10.6 Å². The first-order valence-electron chi connectivity index (χ1n) is 8.31. The summed E-state index contributed by atoms with van der Waals surface area (Å²) in [6, 6.07) is 14.1. The lowest BCUT2D eigenvalue weighted by molar-refractivity contribution is -0.116. The van der Waals surface area contributed by atoms with Gasteiger partial charge in [0.2, 0.25) is 21.8 Å². The normalized spacial score (nSPS) is 11.3. The van der Waals surface area contributed by atoms with E-state index in [-0.39, 0.29) is 19.0 Å². The molecule has 7 nitrogen and oxygen atoms in total. The molecule has 0 saturated carbocycles. The number of aryl methyl sites for hydroxylation is 1. The first kappa shape index (κ1) is 20.6. The van der Waals surface area contributed by atoms with Gasteiger partial charge in [-0.05, 0) is 30.7 Å². The average molecular weight is 389 g/mol. The van der Waals surface area contributed by atoms with Crippen molar-refractivity contribution in [1.29, 1.82) is 0 Å². The van der Waals surface area contributed by atoms with Crippen LogP contribution in [0.1, 0.15) is 18.1 Å². The number of nitrogens with zero attached hydrogens (tertiary/aromatic N) is 1. The van der Waals surface area contributed by atoms with E-state index in [9.17, 15) is 18.0 Å². The van der Waals surface area contributed by atoms with Gasteiger partial charge in [-0.2, -0.15) is 4.31 Å². The highest BCUT2D eigenvalue weighted by atomic mass is 32.2. The fraction of sp³-hybridized carbons (Fsp3) is 0.263. The SMILES string of the molecule is CC(=O)Nc1cccc(NC(=O)CN(Cc2cccc(C)c2)S(C)(=O)=O)c1. The van der Waals surface area contributed by atoms with Gasteiger partial charge in [0.05, 0.1) is 12.8 Å². The maximum atomic E-state index is 12.4. The van der Waals surface area contributed by atoms with Gasteiger partial charge in [-0.3, -0.25) is 9.59 Å². The van der Waals surface area contributed by atoms with Crippen LogP contribution in [-0.2, 0) is 26.2 Å². The van der Waals surface area contributed by atoms with Gasteiger partial charge >= 0.3 is 0 Å². The molecule has 0 aliphatic heterocycles. The van der Waals surface area contributed by atoms with Crippen LogP contribution in [0.15, 0.2) is 48.5 Å². The summed E-state index contributed by atoms with van der Waals surface area (Å²) in [5, 5.41) is 5.28. The van der Waals surface area contributed by atoms with E-state index in [0.717, 1.165) is 21.7 Å². The van der Waals surface area contributed by atoms with Crippen molar-refractivity contribution >= 4 is 33.2 Å². The maximum absolute atomic E-state index is 12.4. The van der Waals surface area contributed by atoms with Crippen LogP contribution in [0.3, 0.4) is 0 Å². The minimum Gasteiger partial charge on any atom is -0.326 e. The Morgan fingerprint density at radius 3 is 2.22 bits per heavy atom. The largest absolute Gasteiger partial charge is 0.326 e. The van der Waals surface area contributed by atoms with E-state index < -0.39 is 15.9 Å². The molecule has 2 aromatic rings. The molecule has 0 unspecified atom stereocenters. The minimum atomic E-state index is -3.57. The van der Waals surface area contributed by atoms with E-state index in [4.69, 9.17) is 0 Å². The van der Waals surface area contributed by atoms with Gasteiger partial charge in [0.25, 0.3) is 0 Å². The van der Waals surface area contributed by atoms with E-state index >= 15 is 0 Å². The first-order valence-corrected chi connectivity index (χ1v) is 10.2. The summed E-state index contributed by atoms with van der Waals surface area (Å²) in [4.78, 5) is 23.5. The summed E-state index contributed by atoms with van der Waals surface area (Å²) in [5.74, 6) is -0.687. The van der Waals surface area contributed by atoms with Crippen LogP contribution in [0.5, 0.6) is 0 Å². The van der Waals surface area contributed by atoms with Crippen LogP contribution < -0.4 is 10.6 Å². The molecule has 0 aliphatic carbocycles. The molecule has 2 aromatic carbocycles. The average Bonchev–Trinajstić information content (AvgIpc) is 2.53. The van der Waals surface area contributed by atoms with Gasteiger partial charge in [0, 0.05) is 24.8 Å². The first-order chi connectivity index (χ1) is 12.6. The Balaban J connectivity index is 2.09. The Labute approximate surface area is 159 Å². The predicted molar refractivity (Wildman–Crippen MR) is 106 cm³/mol. The van der Waals surface area contributed by atoms with Crippen molar-refractivity contribution in [2.75, 3.05) is 23.4 Å². The number of carbonyl (C=O) groups is 2. The number of hydrogen-bond donors (Lipinski definition) is 2. The Kier molecular flexibility index (Phi) is 6.70. The molecule has 2 N–H and O–H groups in total. The summed E-state index contributed by atoms with van der Waals surface area (Å²) >= 11 is 0. The highest BCUT2D eigenvalue weighted by molar-refractivity contribution is 7.88. The van der Waals surface area contributed by atoms with Crippen molar-refractivity contribution in [3.63, 3.8) is 0 Å². The third kappa shape index (κ3) is 6.84. The Morgan fingerprint density at radius 1 is 1.00 bits per heavy atom. The molecule has 0 heterocycles. The van der Waals surface area contributed by atoms with E-state index in [1.54, 1.807) is 24.3 Å². The number of sulfonamides is 1. The molecule has 144 valence electrons. The van der Waals surface area contributed by atoms with E-state index in [1.165, 1.54) is 6.92 Å². The quantitative estimate of drug-likeness (QED) is 0.760. The summed E-state index contributed by atoms with van der Waals surface area (Å²) in [6.45, 7) is 3.11. The Bertz CT molecular complexity index is 941. The maximum Gasteiger partial charge on any atom is 0.239 e. The molecule has 2 amide bonds. The number of anilines is 2. The number of carbonyl (C=O) groups excluding carboxylic acids is 2. The fourth-order valence-electron chi connectivity index (χ4n) is 2.54. The van der Waals surface area contributed by atoms with Crippen LogP contribution >= 0.6 is 0 Å². The molecule has 0 saturated heterocycles. The molecule has 0 bridgehead atoms. The summed E-state index contributed by atoms with van der Waals surface area (Å²) in [7, 11) is -3.57. The summed E-state index contributed by atoms with van der Waals surface area (Å²) in [6.07, 6.45) is 1.08. The van der Waals surface area contributed by atoms with Crippen molar-refractivity contribution in [1.82, 2.24) is 4.31 Å². The summed E-state index contributed by atoms with van der Waals surface area (Å²) < 4.78 is 25.3. The third-order valence-corrected chi connectivity index (χ3v) is 4.89. The van der Waals surface area contributed by atoms with E-state index in [1.807, 2.05) is 31.2 Å². The van der Waals surface area contributed by atoms with Gasteiger partial charge in [0.15, 0.2) is 0 Å². The number of hydrogen-bond acceptors (Lipinski definition) is 4. The lowest BCUT2D eigenvalue weighted by atomic mass is 10.1. The van der Waals surface area contributed by atoms with Gasteiger partial charge in [-0.15, -0.1) is 0 Å². The van der Waals surface area contributed by atoms with Crippen LogP contribution in [-0.4, -0.2) is 37.3 Å². The molecule has 2 rings (SSSR count). The summed E-state index contributed by atoms with van der Waals surface area (Å²) in [5.41, 5.74) is 2.83. The molecule has 0 radical (unpaired) electrons. The predicted octanol–water partition coefficient (Wildman–Crippen LogP) is 2.35. The van der Waals surface area contributed by atoms with Gasteiger partial charge in [-0.1, -0.05) is 35.9 Å². The van der Waals surface area contributed by atoms with Gasteiger partial charge in [0.1, 0.15) is 0 Å². The van der Waals surface area contributed by atoms with Crippen molar-refractivity contribution in [2.24, 2.45) is 0 Å². The molecule has 8 heteroatoms. The molecule has 0 atom stereocenters. The molecule has 0 fully saturated rings. The Hall–Kier alpha value is -2.71. The minimum absolute atomic E-state index is 0.111. The number of nitrogens with one attached hydrogen (secondary N) is 2. The lowest BCUT2D eigenvalue weighted by Crippen LogP contribution is -2.36. The van der Waals surface area contributed by atoms with E-state index in [0.29, 0.717) is 11.4 Å². The zero-order chi connectivity index (χ0) is 20.0. The van der Waals surface area contributed by atoms with E-state index in [2.05, 4.69) is 10.6 Å². The lowest BCUT2D eigenvalue weighted by Gasteiger charge is -2.20. The molecular formula is C19H23N3O4S. The number of benzene rings is 2. The highest BCUT2D eigenvalue weighted by Crippen LogP contribution is 2.16. The van der Waals surface area contributed by atoms with Crippen molar-refractivity contribution in [2.45, 2.75) is 20.4 Å². The zero-order valence-electron chi connectivity index (χ0n) is 15.5. The van der Waals surface area contributed by atoms with Gasteiger partial charge in [-0.25, -0.2) is 8.42 Å². The Morgan fingerprint density at radius 2 is 1.63 bits per heavy atom. The van der Waals surface area contributed by atoms with Crippen LogP contribution in [0.25, 0.3) is 0 Å². The third-order valence-electron chi connectivity index (χ3n) is 3.70. The molecule has 27 heavy (non-hydrogen) atoms. The monoisotopic (exact) mass is 389 g/mol. The second-order valence-corrected chi connectivity index (χ2v) is 8.31. The van der Waals surface area contributed by atoms with Crippen LogP contribution in [0.2, 0.25) is 0 Å². The second-order valence-electron chi connectivity index (χ2n) is 6.33.